The number of methoxy groups -OCH3 is 1. The first-order valence-electron chi connectivity index (χ1n) is 5.20. The molecule has 0 saturated heterocycles. The monoisotopic (exact) mass is 200 g/mol. The number of hydrogen-bond acceptors (Lipinski definition) is 3. The van der Waals surface area contributed by atoms with Gasteiger partial charge in [0.1, 0.15) is 0 Å². The fraction of sp³-hybridized carbons (Fsp3) is 0.900. The molecule has 1 N–H and O–H groups in total. The maximum atomic E-state index is 11.5. The van der Waals surface area contributed by atoms with E-state index in [9.17, 15) is 4.79 Å². The molecule has 4 nitrogen and oxygen atoms in total. The van der Waals surface area contributed by atoms with Crippen molar-refractivity contribution < 1.29 is 9.53 Å². The number of ether oxygens (including phenoxy) is 1. The van der Waals surface area contributed by atoms with E-state index in [1.807, 2.05) is 7.05 Å². The summed E-state index contributed by atoms with van der Waals surface area (Å²) >= 11 is 0. The Morgan fingerprint density at radius 3 is 2.86 bits per heavy atom. The van der Waals surface area contributed by atoms with Crippen molar-refractivity contribution in [3.8, 4) is 0 Å². The average molecular weight is 200 g/mol. The highest BCUT2D eigenvalue weighted by molar-refractivity contribution is 5.78. The zero-order chi connectivity index (χ0) is 10.4. The molecular formula is C10H20N2O2. The number of amides is 1. The molecule has 0 aliphatic heterocycles. The molecule has 1 rings (SSSR count). The largest absolute Gasteiger partial charge is 0.385 e. The lowest BCUT2D eigenvalue weighted by Crippen LogP contribution is -2.37. The Bertz CT molecular complexity index is 181. The molecule has 0 atom stereocenters. The molecule has 0 radical (unpaired) electrons. The van der Waals surface area contributed by atoms with E-state index in [1.54, 1.807) is 12.0 Å². The smallest absolute Gasteiger partial charge is 0.236 e. The third-order valence-electron chi connectivity index (χ3n) is 2.39. The van der Waals surface area contributed by atoms with Crippen LogP contribution in [0.25, 0.3) is 0 Å². The van der Waals surface area contributed by atoms with E-state index in [4.69, 9.17) is 4.74 Å². The first-order chi connectivity index (χ1) is 6.74. The first-order valence-corrected chi connectivity index (χ1v) is 5.20. The highest BCUT2D eigenvalue weighted by atomic mass is 16.5. The van der Waals surface area contributed by atoms with Crippen molar-refractivity contribution in [2.24, 2.45) is 0 Å². The van der Waals surface area contributed by atoms with Gasteiger partial charge in [0.15, 0.2) is 0 Å². The molecule has 1 aliphatic rings. The summed E-state index contributed by atoms with van der Waals surface area (Å²) < 4.78 is 4.93. The van der Waals surface area contributed by atoms with Crippen LogP contribution in [0.4, 0.5) is 0 Å². The number of nitrogens with zero attached hydrogens (tertiary/aromatic N) is 1. The predicted molar refractivity (Wildman–Crippen MR) is 55.2 cm³/mol. The molecule has 4 heteroatoms. The van der Waals surface area contributed by atoms with Crippen molar-refractivity contribution in [3.05, 3.63) is 0 Å². The number of nitrogens with one attached hydrogen (secondary N) is 1. The van der Waals surface area contributed by atoms with Crippen LogP contribution in [0.15, 0.2) is 0 Å². The Morgan fingerprint density at radius 2 is 2.29 bits per heavy atom. The molecule has 0 spiro atoms. The Morgan fingerprint density at radius 1 is 1.57 bits per heavy atom. The van der Waals surface area contributed by atoms with Gasteiger partial charge in [-0.3, -0.25) is 4.79 Å². The summed E-state index contributed by atoms with van der Waals surface area (Å²) in [5.74, 6) is 0.174. The van der Waals surface area contributed by atoms with Gasteiger partial charge in [-0.1, -0.05) is 0 Å². The summed E-state index contributed by atoms with van der Waals surface area (Å²) in [5, 5.41) is 3.21. The molecule has 14 heavy (non-hydrogen) atoms. The third-order valence-corrected chi connectivity index (χ3v) is 2.39. The average Bonchev–Trinajstić information content (AvgIpc) is 2.98. The van der Waals surface area contributed by atoms with E-state index in [0.29, 0.717) is 19.2 Å². The fourth-order valence-electron chi connectivity index (χ4n) is 1.22. The van der Waals surface area contributed by atoms with E-state index < -0.39 is 0 Å². The van der Waals surface area contributed by atoms with Crippen LogP contribution in [0.1, 0.15) is 19.3 Å². The van der Waals surface area contributed by atoms with Gasteiger partial charge in [0.25, 0.3) is 0 Å². The molecule has 1 amide bonds. The van der Waals surface area contributed by atoms with Crippen LogP contribution >= 0.6 is 0 Å². The molecule has 0 bridgehead atoms. The van der Waals surface area contributed by atoms with Crippen LogP contribution in [-0.2, 0) is 9.53 Å². The molecule has 1 fully saturated rings. The maximum Gasteiger partial charge on any atom is 0.236 e. The molecule has 1 saturated carbocycles. The molecule has 1 aliphatic carbocycles. The van der Waals surface area contributed by atoms with Crippen LogP contribution < -0.4 is 5.32 Å². The lowest BCUT2D eigenvalue weighted by Gasteiger charge is -2.17. The number of carbonyl (C=O) groups excluding carboxylic acids is 1. The van der Waals surface area contributed by atoms with Crippen LogP contribution in [0, 0.1) is 0 Å². The number of carbonyl (C=O) groups is 1. The number of likely N-dealkylation sites (N-methyl/N-ethyl adjacent to an activating group) is 1. The lowest BCUT2D eigenvalue weighted by molar-refractivity contribution is -0.129. The van der Waals surface area contributed by atoms with Gasteiger partial charge in [-0.15, -0.1) is 0 Å². The summed E-state index contributed by atoms with van der Waals surface area (Å²) in [7, 11) is 3.52. The normalized spacial score (nSPS) is 15.6. The molecule has 0 heterocycles. The van der Waals surface area contributed by atoms with Gasteiger partial charge in [-0.25, -0.2) is 0 Å². The van der Waals surface area contributed by atoms with Crippen molar-refractivity contribution in [1.29, 1.82) is 0 Å². The fourth-order valence-corrected chi connectivity index (χ4v) is 1.22. The minimum Gasteiger partial charge on any atom is -0.385 e. The summed E-state index contributed by atoms with van der Waals surface area (Å²) in [6.07, 6.45) is 3.35. The highest BCUT2D eigenvalue weighted by Gasteiger charge is 2.21. The first kappa shape index (κ1) is 11.5. The topological polar surface area (TPSA) is 41.6 Å². The Kier molecular flexibility index (Phi) is 4.90. The molecule has 82 valence electrons. The van der Waals surface area contributed by atoms with Crippen LogP contribution in [0.3, 0.4) is 0 Å². The van der Waals surface area contributed by atoms with Crippen molar-refractivity contribution in [2.45, 2.75) is 25.3 Å². The van der Waals surface area contributed by atoms with Gasteiger partial charge < -0.3 is 15.0 Å². The van der Waals surface area contributed by atoms with E-state index in [0.717, 1.165) is 13.0 Å². The van der Waals surface area contributed by atoms with Crippen LogP contribution in [0.5, 0.6) is 0 Å². The second kappa shape index (κ2) is 5.98. The SMILES string of the molecule is COCCCN(C)C(=O)CNC1CC1. The van der Waals surface area contributed by atoms with Gasteiger partial charge in [-0.05, 0) is 19.3 Å². The van der Waals surface area contributed by atoms with E-state index in [-0.39, 0.29) is 5.91 Å². The minimum atomic E-state index is 0.174. The third kappa shape index (κ3) is 4.58. The second-order valence-corrected chi connectivity index (χ2v) is 3.82. The van der Waals surface area contributed by atoms with Gasteiger partial charge >= 0.3 is 0 Å². The van der Waals surface area contributed by atoms with Gasteiger partial charge in [0.2, 0.25) is 5.91 Å². The Balaban J connectivity index is 2.02. The van der Waals surface area contributed by atoms with Crippen molar-refractivity contribution >= 4 is 5.91 Å². The lowest BCUT2D eigenvalue weighted by atomic mass is 10.4. The second-order valence-electron chi connectivity index (χ2n) is 3.82. The van der Waals surface area contributed by atoms with E-state index >= 15 is 0 Å². The number of hydrogen-bond donors (Lipinski definition) is 1. The number of rotatable bonds is 7. The van der Waals surface area contributed by atoms with Crippen molar-refractivity contribution in [3.63, 3.8) is 0 Å². The highest BCUT2D eigenvalue weighted by Crippen LogP contribution is 2.18. The molecule has 0 unspecified atom stereocenters. The zero-order valence-corrected chi connectivity index (χ0v) is 9.08. The molecular weight excluding hydrogens is 180 g/mol. The van der Waals surface area contributed by atoms with Gasteiger partial charge in [0, 0.05) is 33.4 Å². The quantitative estimate of drug-likeness (QED) is 0.598. The minimum absolute atomic E-state index is 0.174. The van der Waals surface area contributed by atoms with E-state index in [1.165, 1.54) is 12.8 Å². The van der Waals surface area contributed by atoms with E-state index in [2.05, 4.69) is 5.32 Å². The summed E-state index contributed by atoms with van der Waals surface area (Å²) in [6, 6.07) is 0.603. The standard InChI is InChI=1S/C10H20N2O2/c1-12(6-3-7-14-2)10(13)8-11-9-4-5-9/h9,11H,3-8H2,1-2H3. The predicted octanol–water partition coefficient (Wildman–Crippen LogP) is 0.233. The Hall–Kier alpha value is -0.610. The molecule has 0 aromatic rings. The van der Waals surface area contributed by atoms with Crippen molar-refractivity contribution in [2.75, 3.05) is 33.9 Å². The van der Waals surface area contributed by atoms with Crippen molar-refractivity contribution in [1.82, 2.24) is 10.2 Å². The molecule has 0 aromatic carbocycles. The summed E-state index contributed by atoms with van der Waals surface area (Å²) in [6.45, 7) is 1.97. The van der Waals surface area contributed by atoms with Crippen LogP contribution in [-0.4, -0.2) is 50.7 Å². The van der Waals surface area contributed by atoms with Gasteiger partial charge in [-0.2, -0.15) is 0 Å². The maximum absolute atomic E-state index is 11.5. The van der Waals surface area contributed by atoms with Crippen LogP contribution in [0.2, 0.25) is 0 Å². The summed E-state index contributed by atoms with van der Waals surface area (Å²) in [5.41, 5.74) is 0. The zero-order valence-electron chi connectivity index (χ0n) is 9.08. The molecule has 0 aromatic heterocycles. The van der Waals surface area contributed by atoms with Gasteiger partial charge in [0.05, 0.1) is 6.54 Å². The Labute approximate surface area is 85.6 Å². The summed E-state index contributed by atoms with van der Waals surface area (Å²) in [4.78, 5) is 13.3.